The Morgan fingerprint density at radius 3 is 2.86 bits per heavy atom. The second-order valence-electron chi connectivity index (χ2n) is 8.34. The minimum Gasteiger partial charge on any atom is -0.345 e. The van der Waals surface area contributed by atoms with E-state index in [4.69, 9.17) is 0 Å². The van der Waals surface area contributed by atoms with Crippen LogP contribution in [0.1, 0.15) is 49.7 Å². The van der Waals surface area contributed by atoms with E-state index in [0.29, 0.717) is 0 Å². The SMILES string of the molecule is CCCCc1ncc(CN(C)CC2CCCN(CCc3ccc(F)cc3)C2)[nH]1. The number of nitrogens with zero attached hydrogens (tertiary/aromatic N) is 3. The highest BCUT2D eigenvalue weighted by molar-refractivity contribution is 5.16. The zero-order valence-corrected chi connectivity index (χ0v) is 17.5. The molecule has 3 rings (SSSR count). The number of hydrogen-bond donors (Lipinski definition) is 1. The molecule has 5 heteroatoms. The number of hydrogen-bond acceptors (Lipinski definition) is 3. The number of aryl methyl sites for hydroxylation is 1. The summed E-state index contributed by atoms with van der Waals surface area (Å²) in [5.74, 6) is 1.68. The molecule has 1 unspecified atom stereocenters. The highest BCUT2D eigenvalue weighted by Gasteiger charge is 2.21. The van der Waals surface area contributed by atoms with Gasteiger partial charge in [0.2, 0.25) is 0 Å². The number of aromatic nitrogens is 2. The van der Waals surface area contributed by atoms with Gasteiger partial charge in [-0.05, 0) is 62.9 Å². The van der Waals surface area contributed by atoms with E-state index in [9.17, 15) is 4.39 Å². The van der Waals surface area contributed by atoms with Gasteiger partial charge in [0.1, 0.15) is 11.6 Å². The van der Waals surface area contributed by atoms with Crippen LogP contribution in [-0.2, 0) is 19.4 Å². The predicted molar refractivity (Wildman–Crippen MR) is 113 cm³/mol. The lowest BCUT2D eigenvalue weighted by atomic mass is 9.97. The average molecular weight is 387 g/mol. The fourth-order valence-electron chi connectivity index (χ4n) is 4.20. The van der Waals surface area contributed by atoms with E-state index in [1.165, 1.54) is 43.5 Å². The summed E-state index contributed by atoms with van der Waals surface area (Å²) in [6, 6.07) is 6.94. The van der Waals surface area contributed by atoms with E-state index in [2.05, 4.69) is 33.7 Å². The molecule has 1 aliphatic heterocycles. The molecule has 28 heavy (non-hydrogen) atoms. The Kier molecular flexibility index (Phi) is 8.04. The largest absolute Gasteiger partial charge is 0.345 e. The van der Waals surface area contributed by atoms with Crippen molar-refractivity contribution in [2.24, 2.45) is 5.92 Å². The van der Waals surface area contributed by atoms with Crippen LogP contribution < -0.4 is 0 Å². The maximum atomic E-state index is 13.0. The first-order chi connectivity index (χ1) is 13.6. The lowest BCUT2D eigenvalue weighted by Gasteiger charge is -2.34. The number of aromatic amines is 1. The van der Waals surface area contributed by atoms with E-state index in [1.807, 2.05) is 18.3 Å². The molecule has 0 aliphatic carbocycles. The van der Waals surface area contributed by atoms with Gasteiger partial charge in [0.05, 0.1) is 0 Å². The molecule has 0 saturated carbocycles. The smallest absolute Gasteiger partial charge is 0.123 e. The van der Waals surface area contributed by atoms with E-state index < -0.39 is 0 Å². The van der Waals surface area contributed by atoms with Crippen LogP contribution in [0.3, 0.4) is 0 Å². The topological polar surface area (TPSA) is 35.2 Å². The van der Waals surface area contributed by atoms with E-state index in [1.54, 1.807) is 12.1 Å². The fraction of sp³-hybridized carbons (Fsp3) is 0.609. The molecule has 0 spiro atoms. The van der Waals surface area contributed by atoms with Crippen LogP contribution in [0, 0.1) is 11.7 Å². The van der Waals surface area contributed by atoms with Gasteiger partial charge in [-0.15, -0.1) is 0 Å². The Hall–Kier alpha value is -1.72. The number of nitrogens with one attached hydrogen (secondary N) is 1. The molecular weight excluding hydrogens is 351 g/mol. The van der Waals surface area contributed by atoms with Crippen LogP contribution in [0.4, 0.5) is 4.39 Å². The molecule has 1 fully saturated rings. The van der Waals surface area contributed by atoms with Crippen LogP contribution in [0.25, 0.3) is 0 Å². The predicted octanol–water partition coefficient (Wildman–Crippen LogP) is 4.28. The Balaban J connectivity index is 1.41. The molecule has 154 valence electrons. The number of H-pyrrole nitrogens is 1. The van der Waals surface area contributed by atoms with Gasteiger partial charge < -0.3 is 14.8 Å². The van der Waals surface area contributed by atoms with Crippen LogP contribution in [0.5, 0.6) is 0 Å². The van der Waals surface area contributed by atoms with Gasteiger partial charge >= 0.3 is 0 Å². The third-order valence-corrected chi connectivity index (χ3v) is 5.69. The molecule has 2 heterocycles. The molecular formula is C23H35FN4. The van der Waals surface area contributed by atoms with Crippen molar-refractivity contribution in [1.82, 2.24) is 19.8 Å². The summed E-state index contributed by atoms with van der Waals surface area (Å²) >= 11 is 0. The summed E-state index contributed by atoms with van der Waals surface area (Å²) in [4.78, 5) is 13.0. The Labute approximate surface area is 169 Å². The fourth-order valence-corrected chi connectivity index (χ4v) is 4.20. The average Bonchev–Trinajstić information content (AvgIpc) is 3.13. The van der Waals surface area contributed by atoms with Gasteiger partial charge in [-0.25, -0.2) is 9.37 Å². The first kappa shape index (κ1) is 21.0. The quantitative estimate of drug-likeness (QED) is 0.662. The third-order valence-electron chi connectivity index (χ3n) is 5.69. The highest BCUT2D eigenvalue weighted by Crippen LogP contribution is 2.18. The van der Waals surface area contributed by atoms with Gasteiger partial charge in [0, 0.05) is 44.5 Å². The van der Waals surface area contributed by atoms with Crippen LogP contribution in [-0.4, -0.2) is 53.0 Å². The molecule has 1 aromatic heterocycles. The number of unbranched alkanes of at least 4 members (excludes halogenated alkanes) is 1. The van der Waals surface area contributed by atoms with E-state index in [0.717, 1.165) is 50.8 Å². The molecule has 1 aliphatic rings. The first-order valence-electron chi connectivity index (χ1n) is 10.8. The summed E-state index contributed by atoms with van der Waals surface area (Å²) in [6.45, 7) is 7.68. The molecule has 1 aromatic carbocycles. The van der Waals surface area contributed by atoms with Gasteiger partial charge in [-0.1, -0.05) is 25.5 Å². The van der Waals surface area contributed by atoms with Crippen LogP contribution in [0.15, 0.2) is 30.5 Å². The number of halogens is 1. The normalized spacial score (nSPS) is 18.1. The van der Waals surface area contributed by atoms with Crippen molar-refractivity contribution in [3.8, 4) is 0 Å². The van der Waals surface area contributed by atoms with Crippen molar-refractivity contribution in [2.75, 3.05) is 33.2 Å². The lowest BCUT2D eigenvalue weighted by molar-refractivity contribution is 0.142. The maximum Gasteiger partial charge on any atom is 0.123 e. The molecule has 2 aromatic rings. The first-order valence-corrected chi connectivity index (χ1v) is 10.8. The summed E-state index contributed by atoms with van der Waals surface area (Å²) in [5.41, 5.74) is 2.44. The number of likely N-dealkylation sites (tertiary alicyclic amines) is 1. The Morgan fingerprint density at radius 2 is 2.07 bits per heavy atom. The van der Waals surface area contributed by atoms with Crippen molar-refractivity contribution in [3.63, 3.8) is 0 Å². The lowest BCUT2D eigenvalue weighted by Crippen LogP contribution is -2.40. The van der Waals surface area contributed by atoms with Gasteiger partial charge in [-0.3, -0.25) is 0 Å². The summed E-state index contributed by atoms with van der Waals surface area (Å²) in [7, 11) is 2.21. The number of imidazole rings is 1. The number of rotatable bonds is 10. The monoisotopic (exact) mass is 386 g/mol. The number of benzene rings is 1. The Bertz CT molecular complexity index is 697. The highest BCUT2D eigenvalue weighted by atomic mass is 19.1. The summed E-state index contributed by atoms with van der Waals surface area (Å²) in [5, 5.41) is 0. The zero-order valence-electron chi connectivity index (χ0n) is 17.5. The number of piperidine rings is 1. The minimum atomic E-state index is -0.153. The van der Waals surface area contributed by atoms with E-state index >= 15 is 0 Å². The standard InChI is InChI=1S/C23H35FN4/c1-3-4-7-23-25-15-22(26-23)18-27(2)16-20-6-5-13-28(17-20)14-12-19-8-10-21(24)11-9-19/h8-11,15,20H,3-7,12-14,16-18H2,1-2H3,(H,25,26). The van der Waals surface area contributed by atoms with Crippen molar-refractivity contribution in [3.05, 3.63) is 53.4 Å². The minimum absolute atomic E-state index is 0.153. The summed E-state index contributed by atoms with van der Waals surface area (Å²) < 4.78 is 13.0. The maximum absolute atomic E-state index is 13.0. The second kappa shape index (κ2) is 10.7. The Morgan fingerprint density at radius 1 is 1.25 bits per heavy atom. The molecule has 0 radical (unpaired) electrons. The second-order valence-corrected chi connectivity index (χ2v) is 8.34. The molecule has 1 N–H and O–H groups in total. The van der Waals surface area contributed by atoms with Crippen LogP contribution >= 0.6 is 0 Å². The molecule has 0 bridgehead atoms. The van der Waals surface area contributed by atoms with Gasteiger partial charge in [0.15, 0.2) is 0 Å². The van der Waals surface area contributed by atoms with Crippen molar-refractivity contribution < 1.29 is 4.39 Å². The molecule has 1 atom stereocenters. The molecule has 0 amide bonds. The van der Waals surface area contributed by atoms with Crippen molar-refractivity contribution >= 4 is 0 Å². The summed E-state index contributed by atoms with van der Waals surface area (Å²) in [6.07, 6.45) is 9.02. The van der Waals surface area contributed by atoms with Crippen LogP contribution in [0.2, 0.25) is 0 Å². The third kappa shape index (κ3) is 6.71. The van der Waals surface area contributed by atoms with Gasteiger partial charge in [-0.2, -0.15) is 0 Å². The van der Waals surface area contributed by atoms with Crippen molar-refractivity contribution in [1.29, 1.82) is 0 Å². The molecule has 1 saturated heterocycles. The van der Waals surface area contributed by atoms with Crippen molar-refractivity contribution in [2.45, 2.75) is 52.0 Å². The molecule has 4 nitrogen and oxygen atoms in total. The van der Waals surface area contributed by atoms with E-state index in [-0.39, 0.29) is 5.82 Å². The van der Waals surface area contributed by atoms with Gasteiger partial charge in [0.25, 0.3) is 0 Å². The zero-order chi connectivity index (χ0) is 19.8.